The number of amides is 2. The predicted molar refractivity (Wildman–Crippen MR) is 86.8 cm³/mol. The molecule has 128 valence electrons. The highest BCUT2D eigenvalue weighted by molar-refractivity contribution is 5.94. The molecule has 0 radical (unpaired) electrons. The summed E-state index contributed by atoms with van der Waals surface area (Å²) in [7, 11) is 3.30. The highest BCUT2D eigenvalue weighted by Gasteiger charge is 2.20. The molecule has 0 aliphatic heterocycles. The van der Waals surface area contributed by atoms with Gasteiger partial charge in [-0.15, -0.1) is 5.10 Å². The minimum Gasteiger partial charge on any atom is -0.347 e. The van der Waals surface area contributed by atoms with Gasteiger partial charge >= 0.3 is 0 Å². The van der Waals surface area contributed by atoms with E-state index in [4.69, 9.17) is 0 Å². The summed E-state index contributed by atoms with van der Waals surface area (Å²) in [5.41, 5.74) is 0.721. The first kappa shape index (κ1) is 17.6. The topological polar surface area (TPSA) is 80.1 Å². The summed E-state index contributed by atoms with van der Waals surface area (Å²) in [4.78, 5) is 29.5. The quantitative estimate of drug-likeness (QED) is 0.871. The van der Waals surface area contributed by atoms with Gasteiger partial charge in [-0.2, -0.15) is 0 Å². The molecule has 7 nitrogen and oxygen atoms in total. The van der Waals surface area contributed by atoms with Crippen molar-refractivity contribution in [3.63, 3.8) is 0 Å². The van der Waals surface area contributed by atoms with E-state index >= 15 is 0 Å². The molecule has 1 atom stereocenters. The Bertz CT molecular complexity index is 712. The standard InChI is InChI=1S/C16H20FN5O2/c1-4-13(11-5-7-12(17)8-6-11)15(24)19-16-18-10-22(20-16)9-14(23)21(2)3/h5-8,10,13H,4,9H2,1-3H3,(H,19,20,24)/t13-/m1/s1. The third kappa shape index (κ3) is 4.37. The van der Waals surface area contributed by atoms with Crippen molar-refractivity contribution in [3.8, 4) is 0 Å². The van der Waals surface area contributed by atoms with E-state index in [0.29, 0.717) is 6.42 Å². The van der Waals surface area contributed by atoms with Crippen LogP contribution in [0.4, 0.5) is 10.3 Å². The van der Waals surface area contributed by atoms with Gasteiger partial charge in [0.15, 0.2) is 0 Å². The van der Waals surface area contributed by atoms with E-state index in [9.17, 15) is 14.0 Å². The van der Waals surface area contributed by atoms with Crippen LogP contribution in [-0.4, -0.2) is 45.6 Å². The van der Waals surface area contributed by atoms with E-state index < -0.39 is 5.92 Å². The lowest BCUT2D eigenvalue weighted by Crippen LogP contribution is -2.26. The molecule has 0 bridgehead atoms. The van der Waals surface area contributed by atoms with Crippen LogP contribution in [0.15, 0.2) is 30.6 Å². The lowest BCUT2D eigenvalue weighted by atomic mass is 9.96. The van der Waals surface area contributed by atoms with Gasteiger partial charge in [-0.05, 0) is 24.1 Å². The van der Waals surface area contributed by atoms with Crippen molar-refractivity contribution >= 4 is 17.8 Å². The van der Waals surface area contributed by atoms with E-state index in [1.165, 1.54) is 28.0 Å². The molecule has 0 fully saturated rings. The zero-order valence-electron chi connectivity index (χ0n) is 13.9. The van der Waals surface area contributed by atoms with E-state index in [0.717, 1.165) is 5.56 Å². The van der Waals surface area contributed by atoms with Gasteiger partial charge in [-0.1, -0.05) is 19.1 Å². The van der Waals surface area contributed by atoms with Gasteiger partial charge in [0.1, 0.15) is 18.7 Å². The van der Waals surface area contributed by atoms with Crippen LogP contribution in [0.1, 0.15) is 24.8 Å². The molecule has 0 unspecified atom stereocenters. The molecule has 0 saturated carbocycles. The Morgan fingerprint density at radius 1 is 1.29 bits per heavy atom. The zero-order valence-corrected chi connectivity index (χ0v) is 13.9. The Morgan fingerprint density at radius 3 is 2.54 bits per heavy atom. The Balaban J connectivity index is 2.04. The normalized spacial score (nSPS) is 11.8. The van der Waals surface area contributed by atoms with Gasteiger partial charge in [-0.3, -0.25) is 14.9 Å². The maximum absolute atomic E-state index is 13.0. The van der Waals surface area contributed by atoms with E-state index in [2.05, 4.69) is 15.4 Å². The first-order chi connectivity index (χ1) is 11.4. The number of nitrogens with one attached hydrogen (secondary N) is 1. The van der Waals surface area contributed by atoms with Crippen molar-refractivity contribution < 1.29 is 14.0 Å². The van der Waals surface area contributed by atoms with Gasteiger partial charge in [0.2, 0.25) is 17.8 Å². The molecule has 2 amide bonds. The average molecular weight is 333 g/mol. The first-order valence-corrected chi connectivity index (χ1v) is 7.56. The number of likely N-dealkylation sites (N-methyl/N-ethyl adjacent to an activating group) is 1. The molecule has 24 heavy (non-hydrogen) atoms. The molecule has 0 spiro atoms. The fourth-order valence-electron chi connectivity index (χ4n) is 2.17. The average Bonchev–Trinajstić information content (AvgIpc) is 2.96. The number of carbonyl (C=O) groups excluding carboxylic acids is 2. The lowest BCUT2D eigenvalue weighted by molar-refractivity contribution is -0.129. The van der Waals surface area contributed by atoms with Crippen LogP contribution in [0, 0.1) is 5.82 Å². The molecule has 1 N–H and O–H groups in total. The number of aromatic nitrogens is 3. The molecule has 1 aromatic heterocycles. The summed E-state index contributed by atoms with van der Waals surface area (Å²) >= 11 is 0. The summed E-state index contributed by atoms with van der Waals surface area (Å²) in [6.07, 6.45) is 1.94. The number of hydrogen-bond donors (Lipinski definition) is 1. The SMILES string of the molecule is CC[C@@H](C(=O)Nc1ncn(CC(=O)N(C)C)n1)c1ccc(F)cc1. The Labute approximate surface area is 139 Å². The number of rotatable bonds is 6. The first-order valence-electron chi connectivity index (χ1n) is 7.56. The number of halogens is 1. The number of nitrogens with zero attached hydrogens (tertiary/aromatic N) is 4. The molecule has 8 heteroatoms. The third-order valence-corrected chi connectivity index (χ3v) is 3.56. The maximum atomic E-state index is 13.0. The van der Waals surface area contributed by atoms with Gasteiger partial charge in [0, 0.05) is 14.1 Å². The number of carbonyl (C=O) groups is 2. The molecule has 0 aliphatic carbocycles. The monoisotopic (exact) mass is 333 g/mol. The van der Waals surface area contributed by atoms with Crippen molar-refractivity contribution in [3.05, 3.63) is 42.0 Å². The van der Waals surface area contributed by atoms with Crippen LogP contribution in [0.5, 0.6) is 0 Å². The Kier molecular flexibility index (Phi) is 5.62. The second-order valence-electron chi connectivity index (χ2n) is 5.56. The van der Waals surface area contributed by atoms with E-state index in [-0.39, 0.29) is 30.1 Å². The van der Waals surface area contributed by atoms with Crippen LogP contribution >= 0.6 is 0 Å². The van der Waals surface area contributed by atoms with Crippen LogP contribution in [-0.2, 0) is 16.1 Å². The van der Waals surface area contributed by atoms with Crippen molar-refractivity contribution in [1.29, 1.82) is 0 Å². The molecule has 0 aliphatic rings. The Hall–Kier alpha value is -2.77. The molecule has 2 rings (SSSR count). The van der Waals surface area contributed by atoms with Crippen molar-refractivity contribution in [2.45, 2.75) is 25.8 Å². The minimum atomic E-state index is -0.430. The van der Waals surface area contributed by atoms with Crippen LogP contribution < -0.4 is 5.32 Å². The third-order valence-electron chi connectivity index (χ3n) is 3.56. The minimum absolute atomic E-state index is 0.0467. The Morgan fingerprint density at radius 2 is 1.96 bits per heavy atom. The molecule has 0 saturated heterocycles. The van der Waals surface area contributed by atoms with E-state index in [1.54, 1.807) is 26.2 Å². The summed E-state index contributed by atoms with van der Waals surface area (Å²) in [5.74, 6) is -1.05. The number of anilines is 1. The van der Waals surface area contributed by atoms with Gasteiger partial charge in [0.05, 0.1) is 5.92 Å². The van der Waals surface area contributed by atoms with Crippen molar-refractivity contribution in [2.24, 2.45) is 0 Å². The van der Waals surface area contributed by atoms with Gasteiger partial charge < -0.3 is 4.90 Å². The summed E-state index contributed by atoms with van der Waals surface area (Å²) < 4.78 is 14.4. The summed E-state index contributed by atoms with van der Waals surface area (Å²) in [6.45, 7) is 1.92. The molecular weight excluding hydrogens is 313 g/mol. The largest absolute Gasteiger partial charge is 0.347 e. The fourth-order valence-corrected chi connectivity index (χ4v) is 2.17. The zero-order chi connectivity index (χ0) is 17.7. The lowest BCUT2D eigenvalue weighted by Gasteiger charge is -2.14. The van der Waals surface area contributed by atoms with Crippen LogP contribution in [0.25, 0.3) is 0 Å². The smallest absolute Gasteiger partial charge is 0.248 e. The highest BCUT2D eigenvalue weighted by Crippen LogP contribution is 2.21. The second kappa shape index (κ2) is 7.67. The molecular formula is C16H20FN5O2. The van der Waals surface area contributed by atoms with Crippen molar-refractivity contribution in [1.82, 2.24) is 19.7 Å². The van der Waals surface area contributed by atoms with Gasteiger partial charge in [0.25, 0.3) is 0 Å². The number of benzene rings is 1. The van der Waals surface area contributed by atoms with E-state index in [1.807, 2.05) is 6.92 Å². The molecule has 2 aromatic rings. The molecule has 1 aromatic carbocycles. The van der Waals surface area contributed by atoms with Crippen molar-refractivity contribution in [2.75, 3.05) is 19.4 Å². The van der Waals surface area contributed by atoms with Crippen LogP contribution in [0.2, 0.25) is 0 Å². The second-order valence-corrected chi connectivity index (χ2v) is 5.56. The maximum Gasteiger partial charge on any atom is 0.248 e. The summed E-state index contributed by atoms with van der Waals surface area (Å²) in [6, 6.07) is 5.83. The fraction of sp³-hybridized carbons (Fsp3) is 0.375. The number of hydrogen-bond acceptors (Lipinski definition) is 4. The highest BCUT2D eigenvalue weighted by atomic mass is 19.1. The predicted octanol–water partition coefficient (Wildman–Crippen LogP) is 1.64. The molecule has 1 heterocycles. The summed E-state index contributed by atoms with van der Waals surface area (Å²) in [5, 5.41) is 6.69. The van der Waals surface area contributed by atoms with Gasteiger partial charge in [-0.25, -0.2) is 14.1 Å². The van der Waals surface area contributed by atoms with Crippen LogP contribution in [0.3, 0.4) is 0 Å².